The number of aliphatic hydroxyl groups excluding tert-OH is 2. The van der Waals surface area contributed by atoms with Crippen LogP contribution in [0.25, 0.3) is 0 Å². The topological polar surface area (TPSA) is 68.2 Å². The van der Waals surface area contributed by atoms with Gasteiger partial charge in [0.15, 0.2) is 6.29 Å². The molecule has 0 saturated carbocycles. The van der Waals surface area contributed by atoms with Gasteiger partial charge in [-0.3, -0.25) is 0 Å². The summed E-state index contributed by atoms with van der Waals surface area (Å²) in [6, 6.07) is 9.29. The number of terminal acetylenes is 1. The molecular weight excluding hydrogens is 272 g/mol. The highest BCUT2D eigenvalue weighted by molar-refractivity contribution is 5.23. The van der Waals surface area contributed by atoms with Crippen molar-refractivity contribution in [2.75, 3.05) is 7.11 Å². The molecular formula is C16H20O5. The first-order valence-electron chi connectivity index (χ1n) is 6.79. The molecule has 0 spiro atoms. The van der Waals surface area contributed by atoms with Gasteiger partial charge in [-0.25, -0.2) is 0 Å². The second kappa shape index (κ2) is 7.03. The van der Waals surface area contributed by atoms with Crippen LogP contribution in [0.3, 0.4) is 0 Å². The summed E-state index contributed by atoms with van der Waals surface area (Å²) in [5.41, 5.74) is 0.808. The SMILES string of the molecule is C#CC(OC1C(O)C(O)C(OC)O[C@H]1C)c1ccccc1. The molecule has 21 heavy (non-hydrogen) atoms. The van der Waals surface area contributed by atoms with Crippen LogP contribution in [-0.4, -0.2) is 48.0 Å². The predicted molar refractivity (Wildman–Crippen MR) is 76.2 cm³/mol. The van der Waals surface area contributed by atoms with Gasteiger partial charge in [0.05, 0.1) is 6.10 Å². The molecule has 114 valence electrons. The molecule has 1 aliphatic heterocycles. The number of benzene rings is 1. The highest BCUT2D eigenvalue weighted by Gasteiger charge is 2.44. The second-order valence-electron chi connectivity index (χ2n) is 4.98. The largest absolute Gasteiger partial charge is 0.387 e. The Hall–Kier alpha value is -1.42. The van der Waals surface area contributed by atoms with E-state index < -0.39 is 36.8 Å². The number of methoxy groups -OCH3 is 1. The lowest BCUT2D eigenvalue weighted by Crippen LogP contribution is -2.58. The fourth-order valence-electron chi connectivity index (χ4n) is 2.39. The van der Waals surface area contributed by atoms with Gasteiger partial charge in [0.25, 0.3) is 0 Å². The lowest BCUT2D eigenvalue weighted by atomic mass is 9.99. The van der Waals surface area contributed by atoms with Crippen molar-refractivity contribution in [1.29, 1.82) is 0 Å². The summed E-state index contributed by atoms with van der Waals surface area (Å²) >= 11 is 0. The summed E-state index contributed by atoms with van der Waals surface area (Å²) in [5, 5.41) is 20.1. The van der Waals surface area contributed by atoms with Crippen LogP contribution in [0, 0.1) is 12.3 Å². The smallest absolute Gasteiger partial charge is 0.186 e. The summed E-state index contributed by atoms with van der Waals surface area (Å²) in [7, 11) is 1.41. The Labute approximate surface area is 124 Å². The molecule has 2 rings (SSSR count). The summed E-state index contributed by atoms with van der Waals surface area (Å²) in [4.78, 5) is 0. The molecule has 6 atom stereocenters. The number of rotatable bonds is 4. The lowest BCUT2D eigenvalue weighted by molar-refractivity contribution is -0.296. The molecule has 5 heteroatoms. The maximum atomic E-state index is 10.2. The molecule has 5 nitrogen and oxygen atoms in total. The molecule has 2 N–H and O–H groups in total. The Morgan fingerprint density at radius 1 is 1.24 bits per heavy atom. The lowest BCUT2D eigenvalue weighted by Gasteiger charge is -2.41. The zero-order chi connectivity index (χ0) is 15.4. The van der Waals surface area contributed by atoms with Crippen molar-refractivity contribution in [1.82, 2.24) is 0 Å². The van der Waals surface area contributed by atoms with Crippen LogP contribution >= 0.6 is 0 Å². The summed E-state index contributed by atoms with van der Waals surface area (Å²) in [6.07, 6.45) is 0.478. The maximum Gasteiger partial charge on any atom is 0.186 e. The fourth-order valence-corrected chi connectivity index (χ4v) is 2.39. The average Bonchev–Trinajstić information content (AvgIpc) is 2.52. The van der Waals surface area contributed by atoms with E-state index >= 15 is 0 Å². The van der Waals surface area contributed by atoms with Crippen LogP contribution in [0.2, 0.25) is 0 Å². The van der Waals surface area contributed by atoms with E-state index in [-0.39, 0.29) is 0 Å². The first kappa shape index (κ1) is 16.0. The van der Waals surface area contributed by atoms with E-state index in [1.165, 1.54) is 7.11 Å². The van der Waals surface area contributed by atoms with Crippen molar-refractivity contribution in [3.05, 3.63) is 35.9 Å². The average molecular weight is 292 g/mol. The van der Waals surface area contributed by atoms with E-state index in [1.807, 2.05) is 30.3 Å². The molecule has 0 bridgehead atoms. The minimum absolute atomic E-state index is 0.465. The Bertz CT molecular complexity index is 483. The minimum atomic E-state index is -1.19. The van der Waals surface area contributed by atoms with Gasteiger partial charge in [0.2, 0.25) is 0 Å². The van der Waals surface area contributed by atoms with Crippen molar-refractivity contribution in [3.8, 4) is 12.3 Å². The number of aliphatic hydroxyl groups is 2. The normalized spacial score (nSPS) is 34.1. The number of hydrogen-bond acceptors (Lipinski definition) is 5. The van der Waals surface area contributed by atoms with Crippen molar-refractivity contribution in [3.63, 3.8) is 0 Å². The zero-order valence-corrected chi connectivity index (χ0v) is 12.0. The minimum Gasteiger partial charge on any atom is -0.387 e. The fraction of sp³-hybridized carbons (Fsp3) is 0.500. The summed E-state index contributed by atoms with van der Waals surface area (Å²) in [6.45, 7) is 1.74. The van der Waals surface area contributed by atoms with Crippen LogP contribution in [0.5, 0.6) is 0 Å². The van der Waals surface area contributed by atoms with Gasteiger partial charge in [0.1, 0.15) is 24.4 Å². The van der Waals surface area contributed by atoms with E-state index in [4.69, 9.17) is 20.6 Å². The Balaban J connectivity index is 2.12. The molecule has 0 amide bonds. The van der Waals surface area contributed by atoms with Gasteiger partial charge >= 0.3 is 0 Å². The second-order valence-corrected chi connectivity index (χ2v) is 4.98. The van der Waals surface area contributed by atoms with Crippen molar-refractivity contribution < 1.29 is 24.4 Å². The number of ether oxygens (including phenoxy) is 3. The van der Waals surface area contributed by atoms with E-state index in [0.29, 0.717) is 0 Å². The van der Waals surface area contributed by atoms with Gasteiger partial charge in [-0.2, -0.15) is 0 Å². The van der Waals surface area contributed by atoms with E-state index in [0.717, 1.165) is 5.56 Å². The van der Waals surface area contributed by atoms with Crippen molar-refractivity contribution in [2.45, 2.75) is 43.7 Å². The monoisotopic (exact) mass is 292 g/mol. The van der Waals surface area contributed by atoms with Gasteiger partial charge in [-0.05, 0) is 12.5 Å². The highest BCUT2D eigenvalue weighted by Crippen LogP contribution is 2.28. The van der Waals surface area contributed by atoms with Crippen LogP contribution < -0.4 is 0 Å². The Morgan fingerprint density at radius 3 is 2.48 bits per heavy atom. The molecule has 5 unspecified atom stereocenters. The van der Waals surface area contributed by atoms with Crippen LogP contribution in [0.15, 0.2) is 30.3 Å². The Morgan fingerprint density at radius 2 is 1.90 bits per heavy atom. The first-order chi connectivity index (χ1) is 10.1. The van der Waals surface area contributed by atoms with Gasteiger partial charge in [-0.15, -0.1) is 6.42 Å². The molecule has 1 aliphatic rings. The van der Waals surface area contributed by atoms with Crippen LogP contribution in [0.1, 0.15) is 18.6 Å². The molecule has 1 fully saturated rings. The third kappa shape index (κ3) is 3.43. The van der Waals surface area contributed by atoms with Crippen LogP contribution in [0.4, 0.5) is 0 Å². The van der Waals surface area contributed by atoms with Crippen molar-refractivity contribution >= 4 is 0 Å². The third-order valence-electron chi connectivity index (χ3n) is 3.56. The molecule has 1 saturated heterocycles. The molecule has 1 heterocycles. The highest BCUT2D eigenvalue weighted by atomic mass is 16.7. The predicted octanol–water partition coefficient (Wildman–Crippen LogP) is 0.859. The summed E-state index contributed by atoms with van der Waals surface area (Å²) < 4.78 is 16.3. The van der Waals surface area contributed by atoms with Crippen LogP contribution in [-0.2, 0) is 14.2 Å². The van der Waals surface area contributed by atoms with E-state index in [1.54, 1.807) is 6.92 Å². The van der Waals surface area contributed by atoms with E-state index in [2.05, 4.69) is 5.92 Å². The van der Waals surface area contributed by atoms with Gasteiger partial charge < -0.3 is 24.4 Å². The quantitative estimate of drug-likeness (QED) is 0.806. The number of hydrogen-bond donors (Lipinski definition) is 2. The molecule has 0 radical (unpaired) electrons. The third-order valence-corrected chi connectivity index (χ3v) is 3.56. The van der Waals surface area contributed by atoms with Gasteiger partial charge in [-0.1, -0.05) is 36.3 Å². The van der Waals surface area contributed by atoms with Gasteiger partial charge in [0, 0.05) is 7.11 Å². The molecule has 1 aromatic rings. The standard InChI is InChI=1S/C16H20O5/c1-4-12(11-8-6-5-7-9-11)21-15-10(2)20-16(19-3)14(18)13(15)17/h1,5-10,12-18H,2-3H3/t10-,12?,13?,14?,15?,16?/m0/s1. The molecule has 1 aromatic carbocycles. The van der Waals surface area contributed by atoms with E-state index in [9.17, 15) is 10.2 Å². The summed E-state index contributed by atoms with van der Waals surface area (Å²) in [5.74, 6) is 2.55. The molecule has 0 aliphatic carbocycles. The Kier molecular flexibility index (Phi) is 5.34. The molecule has 0 aromatic heterocycles. The first-order valence-corrected chi connectivity index (χ1v) is 6.79. The maximum absolute atomic E-state index is 10.2. The zero-order valence-electron chi connectivity index (χ0n) is 12.0. The van der Waals surface area contributed by atoms with Crippen molar-refractivity contribution in [2.24, 2.45) is 0 Å².